The van der Waals surface area contributed by atoms with Gasteiger partial charge < -0.3 is 10.6 Å². The Bertz CT molecular complexity index is 1150. The normalized spacial score (nSPS) is 15.1. The Labute approximate surface area is 200 Å². The fourth-order valence-corrected chi connectivity index (χ4v) is 4.73. The van der Waals surface area contributed by atoms with Crippen LogP contribution >= 0.6 is 0 Å². The van der Waals surface area contributed by atoms with E-state index in [4.69, 9.17) is 5.73 Å². The largest absolute Gasteiger partial charge is 0.365 e. The second-order valence-corrected chi connectivity index (χ2v) is 9.46. The summed E-state index contributed by atoms with van der Waals surface area (Å²) in [5, 5.41) is 0. The van der Waals surface area contributed by atoms with E-state index in [9.17, 15) is 9.59 Å². The molecule has 176 valence electrons. The summed E-state index contributed by atoms with van der Waals surface area (Å²) in [7, 11) is 2.17. The van der Waals surface area contributed by atoms with Crippen molar-refractivity contribution in [1.29, 1.82) is 0 Å². The molecular weight excluding hydrogens is 426 g/mol. The maximum Gasteiger partial charge on any atom is 0.264 e. The molecule has 4 rings (SSSR count). The summed E-state index contributed by atoms with van der Waals surface area (Å²) in [4.78, 5) is 37.9. The van der Waals surface area contributed by atoms with E-state index in [0.717, 1.165) is 25.9 Å². The molecule has 1 aromatic carbocycles. The highest BCUT2D eigenvalue weighted by Gasteiger charge is 2.33. The van der Waals surface area contributed by atoms with Crippen molar-refractivity contribution in [3.05, 3.63) is 83.8 Å². The molecule has 3 aromatic rings. The third-order valence-electron chi connectivity index (χ3n) is 7.00. The Balaban J connectivity index is 1.73. The molecule has 7 nitrogen and oxygen atoms in total. The van der Waals surface area contributed by atoms with Crippen molar-refractivity contribution >= 4 is 23.3 Å². The summed E-state index contributed by atoms with van der Waals surface area (Å²) in [5.74, 6) is -0.165. The van der Waals surface area contributed by atoms with Gasteiger partial charge in [-0.05, 0) is 86.3 Å². The lowest BCUT2D eigenvalue weighted by atomic mass is 9.69. The van der Waals surface area contributed by atoms with Crippen LogP contribution in [0.1, 0.15) is 53.0 Å². The van der Waals surface area contributed by atoms with E-state index in [1.807, 2.05) is 12.1 Å². The minimum absolute atomic E-state index is 0.00309. The van der Waals surface area contributed by atoms with Crippen LogP contribution in [0.2, 0.25) is 0 Å². The summed E-state index contributed by atoms with van der Waals surface area (Å²) in [6, 6.07) is 14.5. The molecule has 0 bridgehead atoms. The number of carbonyl (C=O) groups excluding carboxylic acids is 2. The Morgan fingerprint density at radius 3 is 2.26 bits per heavy atom. The molecule has 1 aliphatic rings. The minimum atomic E-state index is -0.643. The van der Waals surface area contributed by atoms with Gasteiger partial charge in [0.15, 0.2) is 5.82 Å². The highest BCUT2D eigenvalue weighted by atomic mass is 16.2. The van der Waals surface area contributed by atoms with Gasteiger partial charge in [0, 0.05) is 24.2 Å². The maximum atomic E-state index is 13.6. The molecule has 7 heteroatoms. The summed E-state index contributed by atoms with van der Waals surface area (Å²) in [5.41, 5.74) is 8.07. The number of nitrogens with two attached hydrogens (primary N) is 1. The number of anilines is 2. The van der Waals surface area contributed by atoms with E-state index in [-0.39, 0.29) is 22.7 Å². The number of rotatable bonds is 6. The molecule has 3 heterocycles. The second kappa shape index (κ2) is 9.73. The topological polar surface area (TPSA) is 92.4 Å². The van der Waals surface area contributed by atoms with Gasteiger partial charge in [-0.2, -0.15) is 0 Å². The van der Waals surface area contributed by atoms with E-state index >= 15 is 0 Å². The van der Waals surface area contributed by atoms with Crippen LogP contribution in [0, 0.1) is 5.92 Å². The van der Waals surface area contributed by atoms with Crippen molar-refractivity contribution in [3.63, 3.8) is 0 Å². The van der Waals surface area contributed by atoms with Crippen LogP contribution in [0.25, 0.3) is 0 Å². The second-order valence-electron chi connectivity index (χ2n) is 9.46. The lowest BCUT2D eigenvalue weighted by molar-refractivity contribution is 0.0997. The van der Waals surface area contributed by atoms with E-state index in [1.165, 1.54) is 10.5 Å². The number of hydrogen-bond acceptors (Lipinski definition) is 5. The predicted molar refractivity (Wildman–Crippen MR) is 133 cm³/mol. The van der Waals surface area contributed by atoms with Gasteiger partial charge in [0.1, 0.15) is 0 Å². The summed E-state index contributed by atoms with van der Waals surface area (Å²) < 4.78 is 0. The Kier molecular flexibility index (Phi) is 6.75. The minimum Gasteiger partial charge on any atom is -0.365 e. The van der Waals surface area contributed by atoms with Crippen molar-refractivity contribution < 1.29 is 9.59 Å². The number of benzene rings is 1. The van der Waals surface area contributed by atoms with Crippen LogP contribution in [-0.2, 0) is 5.41 Å². The first-order chi connectivity index (χ1) is 16.3. The zero-order chi connectivity index (χ0) is 24.3. The fraction of sp³-hybridized carbons (Fsp3) is 0.333. The number of nitrogens with zero attached hydrogens (tertiary/aromatic N) is 4. The van der Waals surface area contributed by atoms with Gasteiger partial charge in [0.05, 0.1) is 11.3 Å². The molecule has 2 amide bonds. The van der Waals surface area contributed by atoms with Gasteiger partial charge in [-0.25, -0.2) is 4.98 Å². The van der Waals surface area contributed by atoms with Crippen molar-refractivity contribution in [2.24, 2.45) is 11.7 Å². The molecule has 1 fully saturated rings. The summed E-state index contributed by atoms with van der Waals surface area (Å²) in [6.07, 6.45) is 6.99. The van der Waals surface area contributed by atoms with Gasteiger partial charge in [-0.3, -0.25) is 19.5 Å². The van der Waals surface area contributed by atoms with Crippen LogP contribution in [0.4, 0.5) is 11.5 Å². The molecule has 2 aromatic heterocycles. The van der Waals surface area contributed by atoms with E-state index in [2.05, 4.69) is 47.9 Å². The monoisotopic (exact) mass is 457 g/mol. The highest BCUT2D eigenvalue weighted by molar-refractivity contribution is 6.13. The van der Waals surface area contributed by atoms with Gasteiger partial charge in [-0.1, -0.05) is 26.0 Å². The fourth-order valence-electron chi connectivity index (χ4n) is 4.73. The third kappa shape index (κ3) is 4.70. The number of pyridine rings is 2. The summed E-state index contributed by atoms with van der Waals surface area (Å²) in [6.45, 7) is 6.80. The zero-order valence-corrected chi connectivity index (χ0v) is 19.9. The molecule has 0 aliphatic carbocycles. The van der Waals surface area contributed by atoms with Crippen LogP contribution in [0.5, 0.6) is 0 Å². The van der Waals surface area contributed by atoms with Gasteiger partial charge >= 0.3 is 0 Å². The Morgan fingerprint density at radius 1 is 1.00 bits per heavy atom. The molecule has 0 unspecified atom stereocenters. The predicted octanol–water partition coefficient (Wildman–Crippen LogP) is 4.17. The quantitative estimate of drug-likeness (QED) is 0.600. The van der Waals surface area contributed by atoms with Crippen LogP contribution < -0.4 is 10.6 Å². The molecule has 1 saturated heterocycles. The average molecular weight is 458 g/mol. The highest BCUT2D eigenvalue weighted by Crippen LogP contribution is 2.39. The van der Waals surface area contributed by atoms with Crippen molar-refractivity contribution in [1.82, 2.24) is 14.9 Å². The average Bonchev–Trinajstić information content (AvgIpc) is 2.85. The van der Waals surface area contributed by atoms with Crippen LogP contribution in [-0.4, -0.2) is 46.8 Å². The number of aromatic nitrogens is 2. The summed E-state index contributed by atoms with van der Waals surface area (Å²) >= 11 is 0. The molecular formula is C27H31N5O2. The molecule has 0 saturated carbocycles. The molecule has 2 N–H and O–H groups in total. The van der Waals surface area contributed by atoms with E-state index < -0.39 is 5.91 Å². The first-order valence-corrected chi connectivity index (χ1v) is 11.6. The van der Waals surface area contributed by atoms with Gasteiger partial charge in [0.25, 0.3) is 11.8 Å². The molecule has 1 aliphatic heterocycles. The van der Waals surface area contributed by atoms with Gasteiger partial charge in [-0.15, -0.1) is 0 Å². The smallest absolute Gasteiger partial charge is 0.264 e. The van der Waals surface area contributed by atoms with E-state index in [0.29, 0.717) is 17.2 Å². The first kappa shape index (κ1) is 23.6. The van der Waals surface area contributed by atoms with Crippen molar-refractivity contribution in [3.8, 4) is 0 Å². The third-order valence-corrected chi connectivity index (χ3v) is 7.00. The van der Waals surface area contributed by atoms with Gasteiger partial charge in [0.2, 0.25) is 0 Å². The number of likely N-dealkylation sites (tertiary alicyclic amines) is 1. The Morgan fingerprint density at radius 2 is 1.65 bits per heavy atom. The van der Waals surface area contributed by atoms with Crippen LogP contribution in [0.15, 0.2) is 67.1 Å². The van der Waals surface area contributed by atoms with Crippen LogP contribution in [0.3, 0.4) is 0 Å². The number of amides is 2. The number of piperidine rings is 1. The molecule has 34 heavy (non-hydrogen) atoms. The number of carbonyl (C=O) groups is 2. The lowest BCUT2D eigenvalue weighted by Crippen LogP contribution is -2.39. The lowest BCUT2D eigenvalue weighted by Gasteiger charge is -2.40. The van der Waals surface area contributed by atoms with Crippen molar-refractivity contribution in [2.75, 3.05) is 25.0 Å². The standard InChI is InChI=1S/C27H31N5O2/c1-27(2,21-12-17-31(3)18-13-21)20-6-8-22(9-7-20)32(26(34)19-10-15-29-16-11-19)25-23(24(28)33)5-4-14-30-25/h4-11,14-16,21H,12-13,17-18H2,1-3H3,(H2,28,33). The zero-order valence-electron chi connectivity index (χ0n) is 19.9. The maximum absolute atomic E-state index is 13.6. The number of primary amides is 1. The molecule has 0 spiro atoms. The molecule has 0 radical (unpaired) electrons. The molecule has 0 atom stereocenters. The Hall–Kier alpha value is -3.58. The first-order valence-electron chi connectivity index (χ1n) is 11.6. The van der Waals surface area contributed by atoms with E-state index in [1.54, 1.807) is 42.9 Å². The number of hydrogen-bond donors (Lipinski definition) is 1. The SMILES string of the molecule is CN1CCC(C(C)(C)c2ccc(N(C(=O)c3ccncc3)c3ncccc3C(N)=O)cc2)CC1. The van der Waals surface area contributed by atoms with Crippen molar-refractivity contribution in [2.45, 2.75) is 32.1 Å².